The number of hydrogen-bond acceptors (Lipinski definition) is 4. The molecule has 0 atom stereocenters. The summed E-state index contributed by atoms with van der Waals surface area (Å²) in [5, 5.41) is 9.57. The van der Waals surface area contributed by atoms with Crippen molar-refractivity contribution in [2.75, 3.05) is 6.79 Å². The maximum atomic E-state index is 14.0. The van der Waals surface area contributed by atoms with Crippen molar-refractivity contribution in [1.82, 2.24) is 0 Å². The molecule has 3 aromatic carbocycles. The van der Waals surface area contributed by atoms with E-state index in [1.54, 1.807) is 42.5 Å². The molecule has 3 aromatic rings. The molecular formula is C26H23F3O4. The summed E-state index contributed by atoms with van der Waals surface area (Å²) in [5.41, 5.74) is 0.324. The van der Waals surface area contributed by atoms with Gasteiger partial charge in [-0.3, -0.25) is 4.79 Å². The van der Waals surface area contributed by atoms with E-state index >= 15 is 0 Å². The van der Waals surface area contributed by atoms with Gasteiger partial charge in [-0.1, -0.05) is 42.5 Å². The SMILES string of the molecule is O=C(Cc1ccc(-c2ccccc2CO)c(C(F)(F)F)c1)C1(c2ccc3c(c2)OCO3)CC1.[HH]. The Morgan fingerprint density at radius 2 is 1.73 bits per heavy atom. The maximum Gasteiger partial charge on any atom is 0.417 e. The van der Waals surface area contributed by atoms with Gasteiger partial charge in [0.2, 0.25) is 6.79 Å². The zero-order chi connectivity index (χ0) is 23.2. The minimum absolute atomic E-state index is 0. The molecule has 1 saturated carbocycles. The summed E-state index contributed by atoms with van der Waals surface area (Å²) in [7, 11) is 0. The molecule has 0 amide bonds. The average molecular weight is 456 g/mol. The Hall–Kier alpha value is -3.32. The molecule has 0 unspecified atom stereocenters. The first-order chi connectivity index (χ1) is 15.8. The standard InChI is InChI=1S/C26H21F3O4.H2/c27-26(28,29)21-11-16(5-7-20(21)19-4-2-1-3-17(19)14-30)12-24(31)25(9-10-25)18-6-8-22-23(13-18)33-15-32-22;/h1-8,11,13,30H,9-10,12,14-15H2;1H. The molecule has 1 fully saturated rings. The number of carbonyl (C=O) groups is 1. The molecule has 172 valence electrons. The Morgan fingerprint density at radius 3 is 2.45 bits per heavy atom. The van der Waals surface area contributed by atoms with E-state index in [-0.39, 0.29) is 32.6 Å². The normalized spacial score (nSPS) is 16.0. The summed E-state index contributed by atoms with van der Waals surface area (Å²) in [6.07, 6.45) is -3.40. The van der Waals surface area contributed by atoms with Crippen LogP contribution < -0.4 is 9.47 Å². The number of benzene rings is 3. The van der Waals surface area contributed by atoms with E-state index in [0.717, 1.165) is 11.6 Å². The van der Waals surface area contributed by atoms with Crippen LogP contribution in [0.1, 0.15) is 36.5 Å². The van der Waals surface area contributed by atoms with Gasteiger partial charge in [-0.05, 0) is 58.9 Å². The quantitative estimate of drug-likeness (QED) is 0.518. The highest BCUT2D eigenvalue weighted by atomic mass is 19.4. The van der Waals surface area contributed by atoms with Crippen molar-refractivity contribution < 1.29 is 34.0 Å². The number of aliphatic hydroxyl groups is 1. The van der Waals surface area contributed by atoms with Gasteiger partial charge in [-0.15, -0.1) is 0 Å². The van der Waals surface area contributed by atoms with Crippen molar-refractivity contribution >= 4 is 5.78 Å². The van der Waals surface area contributed by atoms with E-state index in [2.05, 4.69) is 0 Å². The van der Waals surface area contributed by atoms with E-state index < -0.39 is 17.2 Å². The third-order valence-corrected chi connectivity index (χ3v) is 6.44. The van der Waals surface area contributed by atoms with Gasteiger partial charge < -0.3 is 14.6 Å². The van der Waals surface area contributed by atoms with Crippen LogP contribution in [0.4, 0.5) is 13.2 Å². The van der Waals surface area contributed by atoms with E-state index in [0.29, 0.717) is 41.0 Å². The average Bonchev–Trinajstić information content (AvgIpc) is 3.49. The Kier molecular flexibility index (Phi) is 5.16. The first-order valence-electron chi connectivity index (χ1n) is 10.6. The zero-order valence-corrected chi connectivity index (χ0v) is 17.6. The molecule has 5 rings (SSSR count). The van der Waals surface area contributed by atoms with Gasteiger partial charge in [0.05, 0.1) is 17.6 Å². The number of ketones is 1. The first-order valence-corrected chi connectivity index (χ1v) is 10.6. The van der Waals surface area contributed by atoms with Crippen LogP contribution in [0.15, 0.2) is 60.7 Å². The minimum atomic E-state index is -4.61. The third kappa shape index (κ3) is 3.86. The lowest BCUT2D eigenvalue weighted by molar-refractivity contribution is -0.137. The van der Waals surface area contributed by atoms with Gasteiger partial charge in [0.1, 0.15) is 5.78 Å². The fourth-order valence-corrected chi connectivity index (χ4v) is 4.49. The van der Waals surface area contributed by atoms with Crippen molar-refractivity contribution in [3.05, 3.63) is 82.9 Å². The number of hydrogen-bond donors (Lipinski definition) is 1. The zero-order valence-electron chi connectivity index (χ0n) is 17.6. The Balaban J connectivity index is 0.00000274. The second-order valence-electron chi connectivity index (χ2n) is 8.44. The van der Waals surface area contributed by atoms with Crippen LogP contribution in [-0.2, 0) is 29.4 Å². The highest BCUT2D eigenvalue weighted by molar-refractivity contribution is 5.95. The molecular weight excluding hydrogens is 433 g/mol. The van der Waals surface area contributed by atoms with Gasteiger partial charge >= 0.3 is 6.18 Å². The summed E-state index contributed by atoms with van der Waals surface area (Å²) < 4.78 is 52.6. The Labute approximate surface area is 190 Å². The summed E-state index contributed by atoms with van der Waals surface area (Å²) in [6, 6.07) is 15.8. The largest absolute Gasteiger partial charge is 0.454 e. The number of ether oxygens (including phenoxy) is 2. The number of carbonyl (C=O) groups excluding carboxylic acids is 1. The molecule has 33 heavy (non-hydrogen) atoms. The molecule has 0 aromatic heterocycles. The lowest BCUT2D eigenvalue weighted by atomic mass is 9.86. The van der Waals surface area contributed by atoms with Crippen molar-refractivity contribution in [3.8, 4) is 22.6 Å². The van der Waals surface area contributed by atoms with Crippen LogP contribution in [0.3, 0.4) is 0 Å². The summed E-state index contributed by atoms with van der Waals surface area (Å²) in [5.74, 6) is 1.09. The summed E-state index contributed by atoms with van der Waals surface area (Å²) in [4.78, 5) is 13.2. The van der Waals surface area contributed by atoms with Crippen molar-refractivity contribution in [3.63, 3.8) is 0 Å². The first kappa shape index (κ1) is 21.5. The van der Waals surface area contributed by atoms with Crippen molar-refractivity contribution in [1.29, 1.82) is 0 Å². The molecule has 1 N–H and O–H groups in total. The van der Waals surface area contributed by atoms with Crippen LogP contribution in [0.2, 0.25) is 0 Å². The number of alkyl halides is 3. The molecule has 1 aliphatic heterocycles. The number of rotatable bonds is 6. The lowest BCUT2D eigenvalue weighted by Crippen LogP contribution is -2.22. The van der Waals surface area contributed by atoms with E-state index in [4.69, 9.17) is 9.47 Å². The van der Waals surface area contributed by atoms with Crippen LogP contribution >= 0.6 is 0 Å². The number of aliphatic hydroxyl groups excluding tert-OH is 1. The predicted molar refractivity (Wildman–Crippen MR) is 117 cm³/mol. The predicted octanol–water partition coefficient (Wildman–Crippen LogP) is 5.68. The highest BCUT2D eigenvalue weighted by Crippen LogP contribution is 2.51. The molecule has 4 nitrogen and oxygen atoms in total. The Morgan fingerprint density at radius 1 is 0.970 bits per heavy atom. The second kappa shape index (κ2) is 7.92. The lowest BCUT2D eigenvalue weighted by Gasteiger charge is -2.18. The van der Waals surface area contributed by atoms with Crippen LogP contribution in [0.25, 0.3) is 11.1 Å². The maximum absolute atomic E-state index is 14.0. The monoisotopic (exact) mass is 456 g/mol. The molecule has 1 heterocycles. The molecule has 1 aliphatic carbocycles. The number of fused-ring (bicyclic) bond motifs is 1. The van der Waals surface area contributed by atoms with Gasteiger partial charge in [0.25, 0.3) is 0 Å². The van der Waals surface area contributed by atoms with Gasteiger partial charge in [-0.25, -0.2) is 0 Å². The second-order valence-corrected chi connectivity index (χ2v) is 8.44. The minimum Gasteiger partial charge on any atom is -0.454 e. The van der Waals surface area contributed by atoms with Crippen LogP contribution in [0, 0.1) is 0 Å². The number of halogens is 3. The van der Waals surface area contributed by atoms with Gasteiger partial charge in [-0.2, -0.15) is 13.2 Å². The van der Waals surface area contributed by atoms with E-state index in [1.165, 1.54) is 6.07 Å². The third-order valence-electron chi connectivity index (χ3n) is 6.44. The van der Waals surface area contributed by atoms with E-state index in [1.807, 2.05) is 6.07 Å². The summed E-state index contributed by atoms with van der Waals surface area (Å²) in [6.45, 7) is -0.239. The number of Topliss-reactive ketones (excluding diaryl/α,β-unsaturated/α-hetero) is 1. The molecule has 0 radical (unpaired) electrons. The molecule has 2 aliphatic rings. The van der Waals surface area contributed by atoms with E-state index in [9.17, 15) is 23.1 Å². The smallest absolute Gasteiger partial charge is 0.417 e. The van der Waals surface area contributed by atoms with Crippen molar-refractivity contribution in [2.45, 2.75) is 37.5 Å². The van der Waals surface area contributed by atoms with Gasteiger partial charge in [0.15, 0.2) is 11.5 Å². The molecule has 0 spiro atoms. The molecule has 0 saturated heterocycles. The van der Waals surface area contributed by atoms with Gasteiger partial charge in [0, 0.05) is 7.85 Å². The Bertz CT molecular complexity index is 1230. The fourth-order valence-electron chi connectivity index (χ4n) is 4.49. The van der Waals surface area contributed by atoms with Crippen molar-refractivity contribution in [2.24, 2.45) is 0 Å². The molecule has 0 bridgehead atoms. The van der Waals surface area contributed by atoms with Crippen LogP contribution in [0.5, 0.6) is 11.5 Å². The fraction of sp³-hybridized carbons (Fsp3) is 0.269. The highest BCUT2D eigenvalue weighted by Gasteiger charge is 2.51. The summed E-state index contributed by atoms with van der Waals surface area (Å²) >= 11 is 0. The van der Waals surface area contributed by atoms with Crippen LogP contribution in [-0.4, -0.2) is 17.7 Å². The molecule has 7 heteroatoms. The topological polar surface area (TPSA) is 55.8 Å².